The number of hydrogen-bond acceptors (Lipinski definition) is 5. The fourth-order valence-corrected chi connectivity index (χ4v) is 1.84. The van der Waals surface area contributed by atoms with Crippen molar-refractivity contribution in [2.24, 2.45) is 5.73 Å². The predicted octanol–water partition coefficient (Wildman–Crippen LogP) is 1.79. The maximum atomic E-state index is 5.68. The van der Waals surface area contributed by atoms with Gasteiger partial charge < -0.3 is 14.9 Å². The van der Waals surface area contributed by atoms with Crippen LogP contribution in [0.3, 0.4) is 0 Å². The van der Waals surface area contributed by atoms with Gasteiger partial charge in [-0.05, 0) is 30.2 Å². The van der Waals surface area contributed by atoms with Crippen molar-refractivity contribution in [1.82, 2.24) is 10.2 Å². The van der Waals surface area contributed by atoms with Crippen LogP contribution in [0.2, 0.25) is 0 Å². The first-order valence-corrected chi connectivity index (χ1v) is 5.53. The highest BCUT2D eigenvalue weighted by Crippen LogP contribution is 2.26. The highest BCUT2D eigenvalue weighted by atomic mass is 16.5. The van der Waals surface area contributed by atoms with E-state index in [9.17, 15) is 0 Å². The van der Waals surface area contributed by atoms with Crippen molar-refractivity contribution in [2.45, 2.75) is 26.2 Å². The zero-order chi connectivity index (χ0) is 11.8. The molecule has 5 heteroatoms. The van der Waals surface area contributed by atoms with Crippen molar-refractivity contribution in [2.75, 3.05) is 0 Å². The molecule has 0 saturated carbocycles. The molecule has 2 N–H and O–H groups in total. The zero-order valence-corrected chi connectivity index (χ0v) is 9.51. The lowest BCUT2D eigenvalue weighted by Crippen LogP contribution is -2.04. The minimum atomic E-state index is -0.242. The van der Waals surface area contributed by atoms with Crippen molar-refractivity contribution >= 4 is 0 Å². The number of nitrogens with zero attached hydrogens (tertiary/aromatic N) is 2. The molecule has 2 heterocycles. The maximum absolute atomic E-state index is 5.68. The van der Waals surface area contributed by atoms with Gasteiger partial charge in [-0.25, -0.2) is 0 Å². The second kappa shape index (κ2) is 3.94. The molecule has 3 rings (SSSR count). The standard InChI is InChI=1S/C12H13N3O2/c1-7(13)11-14-15-12(17-11)8-2-3-9-5-16-6-10(9)4-8/h2-4,7H,5-6,13H2,1H3. The second-order valence-electron chi connectivity index (χ2n) is 4.21. The molecule has 0 aliphatic carbocycles. The summed E-state index contributed by atoms with van der Waals surface area (Å²) in [7, 11) is 0. The van der Waals surface area contributed by atoms with Gasteiger partial charge in [-0.1, -0.05) is 6.07 Å². The van der Waals surface area contributed by atoms with E-state index in [0.717, 1.165) is 5.56 Å². The summed E-state index contributed by atoms with van der Waals surface area (Å²) in [6.07, 6.45) is 0. The summed E-state index contributed by atoms with van der Waals surface area (Å²) in [5.41, 5.74) is 9.00. The topological polar surface area (TPSA) is 74.2 Å². The predicted molar refractivity (Wildman–Crippen MR) is 60.8 cm³/mol. The lowest BCUT2D eigenvalue weighted by Gasteiger charge is -1.99. The molecule has 5 nitrogen and oxygen atoms in total. The van der Waals surface area contributed by atoms with Crippen LogP contribution in [0.5, 0.6) is 0 Å². The van der Waals surface area contributed by atoms with Crippen molar-refractivity contribution in [1.29, 1.82) is 0 Å². The first-order chi connectivity index (χ1) is 8.24. The highest BCUT2D eigenvalue weighted by molar-refractivity contribution is 5.55. The van der Waals surface area contributed by atoms with Gasteiger partial charge in [0.05, 0.1) is 19.3 Å². The van der Waals surface area contributed by atoms with E-state index in [1.54, 1.807) is 0 Å². The molecule has 2 aromatic rings. The van der Waals surface area contributed by atoms with Crippen LogP contribution in [0.15, 0.2) is 22.6 Å². The molecule has 0 saturated heterocycles. The Bertz CT molecular complexity index is 548. The summed E-state index contributed by atoms with van der Waals surface area (Å²) in [6.45, 7) is 3.15. The molecule has 1 atom stereocenters. The lowest BCUT2D eigenvalue weighted by atomic mass is 10.1. The lowest BCUT2D eigenvalue weighted by molar-refractivity contribution is 0.134. The number of benzene rings is 1. The SMILES string of the molecule is CC(N)c1nnc(-c2ccc3c(c2)COC3)o1. The summed E-state index contributed by atoms with van der Waals surface area (Å²) < 4.78 is 10.9. The molecule has 1 aromatic heterocycles. The Labute approximate surface area is 98.6 Å². The first-order valence-electron chi connectivity index (χ1n) is 5.53. The summed E-state index contributed by atoms with van der Waals surface area (Å²) in [5, 5.41) is 7.91. The quantitative estimate of drug-likeness (QED) is 0.852. The number of ether oxygens (including phenoxy) is 1. The van der Waals surface area contributed by atoms with Gasteiger partial charge in [0.15, 0.2) is 0 Å². The average Bonchev–Trinajstić information content (AvgIpc) is 2.97. The Balaban J connectivity index is 1.97. The summed E-state index contributed by atoms with van der Waals surface area (Å²) >= 11 is 0. The van der Waals surface area contributed by atoms with Gasteiger partial charge in [0.1, 0.15) is 0 Å². The smallest absolute Gasteiger partial charge is 0.247 e. The highest BCUT2D eigenvalue weighted by Gasteiger charge is 2.15. The minimum absolute atomic E-state index is 0.242. The van der Waals surface area contributed by atoms with E-state index in [4.69, 9.17) is 14.9 Å². The fourth-order valence-electron chi connectivity index (χ4n) is 1.84. The Morgan fingerprint density at radius 1 is 1.24 bits per heavy atom. The maximum Gasteiger partial charge on any atom is 0.247 e. The van der Waals surface area contributed by atoms with Gasteiger partial charge in [0.2, 0.25) is 11.8 Å². The van der Waals surface area contributed by atoms with Gasteiger partial charge in [-0.15, -0.1) is 10.2 Å². The fraction of sp³-hybridized carbons (Fsp3) is 0.333. The molecule has 0 spiro atoms. The third kappa shape index (κ3) is 1.83. The molecule has 17 heavy (non-hydrogen) atoms. The van der Waals surface area contributed by atoms with Crippen LogP contribution in [0.25, 0.3) is 11.5 Å². The molecule has 0 radical (unpaired) electrons. The van der Waals surface area contributed by atoms with E-state index < -0.39 is 0 Å². The Kier molecular flexibility index (Phi) is 2.42. The van der Waals surface area contributed by atoms with Crippen LogP contribution in [0, 0.1) is 0 Å². The van der Waals surface area contributed by atoms with E-state index in [-0.39, 0.29) is 6.04 Å². The molecule has 0 amide bonds. The van der Waals surface area contributed by atoms with Gasteiger partial charge in [-0.2, -0.15) is 0 Å². The van der Waals surface area contributed by atoms with Crippen LogP contribution in [0.1, 0.15) is 30.0 Å². The van der Waals surface area contributed by atoms with Crippen LogP contribution in [0.4, 0.5) is 0 Å². The van der Waals surface area contributed by atoms with Crippen LogP contribution in [-0.4, -0.2) is 10.2 Å². The van der Waals surface area contributed by atoms with Crippen LogP contribution in [-0.2, 0) is 18.0 Å². The van der Waals surface area contributed by atoms with E-state index in [1.165, 1.54) is 11.1 Å². The first kappa shape index (κ1) is 10.4. The van der Waals surface area contributed by atoms with E-state index >= 15 is 0 Å². The molecule has 1 aromatic carbocycles. The molecule has 0 fully saturated rings. The largest absolute Gasteiger partial charge is 0.419 e. The Morgan fingerprint density at radius 3 is 2.82 bits per heavy atom. The minimum Gasteiger partial charge on any atom is -0.419 e. The van der Waals surface area contributed by atoms with Crippen molar-refractivity contribution < 1.29 is 9.15 Å². The van der Waals surface area contributed by atoms with E-state index in [1.807, 2.05) is 25.1 Å². The molecule has 1 unspecified atom stereocenters. The molecular weight excluding hydrogens is 218 g/mol. The third-order valence-electron chi connectivity index (χ3n) is 2.80. The van der Waals surface area contributed by atoms with E-state index in [2.05, 4.69) is 10.2 Å². The number of fused-ring (bicyclic) bond motifs is 1. The third-order valence-corrected chi connectivity index (χ3v) is 2.80. The average molecular weight is 231 g/mol. The Hall–Kier alpha value is -1.72. The Morgan fingerprint density at radius 2 is 2.06 bits per heavy atom. The summed E-state index contributed by atoms with van der Waals surface area (Å²) in [6, 6.07) is 5.79. The van der Waals surface area contributed by atoms with Crippen LogP contribution >= 0.6 is 0 Å². The number of aromatic nitrogens is 2. The number of nitrogens with two attached hydrogens (primary N) is 1. The van der Waals surface area contributed by atoms with Gasteiger partial charge in [0, 0.05) is 5.56 Å². The molecule has 88 valence electrons. The van der Waals surface area contributed by atoms with Crippen molar-refractivity contribution in [3.05, 3.63) is 35.2 Å². The van der Waals surface area contributed by atoms with Crippen LogP contribution < -0.4 is 5.73 Å². The van der Waals surface area contributed by atoms with Gasteiger partial charge in [-0.3, -0.25) is 0 Å². The molecule has 1 aliphatic heterocycles. The molecule has 0 bridgehead atoms. The number of hydrogen-bond donors (Lipinski definition) is 1. The summed E-state index contributed by atoms with van der Waals surface area (Å²) in [5.74, 6) is 0.962. The van der Waals surface area contributed by atoms with Gasteiger partial charge >= 0.3 is 0 Å². The van der Waals surface area contributed by atoms with E-state index in [0.29, 0.717) is 25.0 Å². The monoisotopic (exact) mass is 231 g/mol. The summed E-state index contributed by atoms with van der Waals surface area (Å²) in [4.78, 5) is 0. The van der Waals surface area contributed by atoms with Crippen molar-refractivity contribution in [3.8, 4) is 11.5 Å². The zero-order valence-electron chi connectivity index (χ0n) is 9.51. The molecular formula is C12H13N3O2. The van der Waals surface area contributed by atoms with Crippen molar-refractivity contribution in [3.63, 3.8) is 0 Å². The molecule has 1 aliphatic rings. The normalized spacial score (nSPS) is 15.9. The second-order valence-corrected chi connectivity index (χ2v) is 4.21. The number of rotatable bonds is 2. The van der Waals surface area contributed by atoms with Gasteiger partial charge in [0.25, 0.3) is 0 Å².